The number of halogens is 1. The summed E-state index contributed by atoms with van der Waals surface area (Å²) in [4.78, 5) is 21.1. The van der Waals surface area contributed by atoms with Crippen molar-refractivity contribution in [3.8, 4) is 0 Å². The minimum atomic E-state index is -0.109. The van der Waals surface area contributed by atoms with Crippen LogP contribution in [0.15, 0.2) is 4.99 Å². The molecule has 0 spiro atoms. The fourth-order valence-electron chi connectivity index (χ4n) is 3.54. The van der Waals surface area contributed by atoms with Crippen LogP contribution in [-0.4, -0.2) is 85.9 Å². The molecule has 0 radical (unpaired) electrons. The Labute approximate surface area is 174 Å². The maximum Gasteiger partial charge on any atom is 0.308 e. The second-order valence-corrected chi connectivity index (χ2v) is 6.95. The van der Waals surface area contributed by atoms with Crippen molar-refractivity contribution in [2.45, 2.75) is 45.1 Å². The van der Waals surface area contributed by atoms with Crippen LogP contribution < -0.4 is 5.32 Å². The topological polar surface area (TPSA) is 77.4 Å². The number of hydrogen-bond acceptors (Lipinski definition) is 5. The number of methoxy groups -OCH3 is 1. The van der Waals surface area contributed by atoms with Crippen LogP contribution in [0.5, 0.6) is 0 Å². The average Bonchev–Trinajstić information content (AvgIpc) is 2.65. The number of carbonyl (C=O) groups is 1. The molecule has 0 bridgehead atoms. The highest BCUT2D eigenvalue weighted by Gasteiger charge is 2.26. The number of nitrogens with zero attached hydrogens (tertiary/aromatic N) is 3. The lowest BCUT2D eigenvalue weighted by Gasteiger charge is -2.33. The molecule has 0 aromatic heterocycles. The van der Waals surface area contributed by atoms with Gasteiger partial charge in [-0.2, -0.15) is 0 Å². The summed E-state index contributed by atoms with van der Waals surface area (Å²) in [6, 6.07) is 0. The molecule has 2 aliphatic heterocycles. The quantitative estimate of drug-likeness (QED) is 0.196. The average molecular weight is 482 g/mol. The van der Waals surface area contributed by atoms with E-state index >= 15 is 0 Å². The number of carbonyl (C=O) groups excluding carboxylic acids is 1. The van der Waals surface area contributed by atoms with Crippen LogP contribution in [0.2, 0.25) is 0 Å². The van der Waals surface area contributed by atoms with E-state index in [0.717, 1.165) is 83.9 Å². The molecule has 0 atom stereocenters. The standard InChI is InChI=1S/C18H34N4O3.HI/c1-3-19-18(22-13-5-15(6-14-22)17(24)25-2)20-9-4-10-21-11-7-16(23)8-12-21;/h15-16,23H,3-14H2,1-2H3,(H,19,20);1H. The highest BCUT2D eigenvalue weighted by Crippen LogP contribution is 2.18. The predicted molar refractivity (Wildman–Crippen MR) is 114 cm³/mol. The van der Waals surface area contributed by atoms with Crippen LogP contribution in [0.1, 0.15) is 39.0 Å². The monoisotopic (exact) mass is 482 g/mol. The van der Waals surface area contributed by atoms with E-state index < -0.39 is 0 Å². The molecule has 8 heteroatoms. The lowest BCUT2D eigenvalue weighted by molar-refractivity contribution is -0.146. The number of esters is 1. The number of piperidine rings is 2. The van der Waals surface area contributed by atoms with E-state index in [0.29, 0.717) is 0 Å². The van der Waals surface area contributed by atoms with Crippen LogP contribution in [0.3, 0.4) is 0 Å². The first-order valence-corrected chi connectivity index (χ1v) is 9.65. The Morgan fingerprint density at radius 3 is 2.42 bits per heavy atom. The predicted octanol–water partition coefficient (Wildman–Crippen LogP) is 1.30. The first kappa shape index (κ1) is 23.4. The molecule has 2 heterocycles. The summed E-state index contributed by atoms with van der Waals surface area (Å²) in [5, 5.41) is 12.9. The van der Waals surface area contributed by atoms with Crippen molar-refractivity contribution >= 4 is 35.9 Å². The molecule has 2 rings (SSSR count). The van der Waals surface area contributed by atoms with E-state index in [-0.39, 0.29) is 42.0 Å². The van der Waals surface area contributed by atoms with Crippen molar-refractivity contribution in [3.05, 3.63) is 0 Å². The Kier molecular flexibility index (Phi) is 11.5. The Balaban J connectivity index is 0.00000338. The number of guanidine groups is 1. The minimum absolute atomic E-state index is 0. The first-order valence-electron chi connectivity index (χ1n) is 9.65. The Morgan fingerprint density at radius 2 is 1.85 bits per heavy atom. The van der Waals surface area contributed by atoms with Gasteiger partial charge in [0.1, 0.15) is 0 Å². The number of aliphatic imine (C=N–C) groups is 1. The Bertz CT molecular complexity index is 434. The van der Waals surface area contributed by atoms with Crippen molar-refractivity contribution in [2.75, 3.05) is 52.9 Å². The molecule has 0 aromatic carbocycles. The van der Waals surface area contributed by atoms with Crippen molar-refractivity contribution in [1.82, 2.24) is 15.1 Å². The van der Waals surface area contributed by atoms with Gasteiger partial charge in [-0.1, -0.05) is 0 Å². The van der Waals surface area contributed by atoms with Gasteiger partial charge >= 0.3 is 5.97 Å². The van der Waals surface area contributed by atoms with Gasteiger partial charge in [-0.3, -0.25) is 9.79 Å². The van der Waals surface area contributed by atoms with Crippen LogP contribution in [0.25, 0.3) is 0 Å². The molecule has 2 fully saturated rings. The van der Waals surface area contributed by atoms with Gasteiger partial charge in [0.25, 0.3) is 0 Å². The van der Waals surface area contributed by atoms with Crippen molar-refractivity contribution in [1.29, 1.82) is 0 Å². The third-order valence-corrected chi connectivity index (χ3v) is 5.12. The zero-order chi connectivity index (χ0) is 18.1. The largest absolute Gasteiger partial charge is 0.469 e. The second kappa shape index (κ2) is 12.7. The van der Waals surface area contributed by atoms with Crippen LogP contribution >= 0.6 is 24.0 Å². The van der Waals surface area contributed by atoms with Gasteiger partial charge < -0.3 is 25.0 Å². The zero-order valence-electron chi connectivity index (χ0n) is 16.2. The smallest absolute Gasteiger partial charge is 0.308 e. The van der Waals surface area contributed by atoms with Crippen LogP contribution in [0.4, 0.5) is 0 Å². The SMILES string of the molecule is CCNC(=NCCCN1CCC(O)CC1)N1CCC(C(=O)OC)CC1.I. The van der Waals surface area contributed by atoms with Crippen molar-refractivity contribution in [2.24, 2.45) is 10.9 Å². The van der Waals surface area contributed by atoms with Crippen LogP contribution in [-0.2, 0) is 9.53 Å². The highest BCUT2D eigenvalue weighted by molar-refractivity contribution is 14.0. The van der Waals surface area contributed by atoms with Gasteiger partial charge in [-0.15, -0.1) is 24.0 Å². The van der Waals surface area contributed by atoms with Gasteiger partial charge in [0.15, 0.2) is 5.96 Å². The lowest BCUT2D eigenvalue weighted by atomic mass is 9.97. The fourth-order valence-corrected chi connectivity index (χ4v) is 3.54. The molecule has 2 aliphatic rings. The summed E-state index contributed by atoms with van der Waals surface area (Å²) in [7, 11) is 1.46. The number of nitrogens with one attached hydrogen (secondary N) is 1. The van der Waals surface area contributed by atoms with Gasteiger partial charge in [0.05, 0.1) is 19.1 Å². The molecular formula is C18H35IN4O3. The summed E-state index contributed by atoms with van der Waals surface area (Å²) < 4.78 is 4.85. The molecule has 0 aromatic rings. The van der Waals surface area contributed by atoms with E-state index in [1.807, 2.05) is 0 Å². The number of aliphatic hydroxyl groups is 1. The van der Waals surface area contributed by atoms with Crippen molar-refractivity contribution < 1.29 is 14.6 Å². The molecule has 2 saturated heterocycles. The Morgan fingerprint density at radius 1 is 1.19 bits per heavy atom. The highest BCUT2D eigenvalue weighted by atomic mass is 127. The molecule has 0 unspecified atom stereocenters. The molecule has 152 valence electrons. The van der Waals surface area contributed by atoms with E-state index in [9.17, 15) is 9.90 Å². The molecule has 26 heavy (non-hydrogen) atoms. The first-order chi connectivity index (χ1) is 12.1. The fraction of sp³-hybridized carbons (Fsp3) is 0.889. The second-order valence-electron chi connectivity index (χ2n) is 6.95. The maximum atomic E-state index is 11.6. The van der Waals surface area contributed by atoms with Crippen LogP contribution in [0, 0.1) is 5.92 Å². The molecule has 2 N–H and O–H groups in total. The molecule has 0 amide bonds. The lowest BCUT2D eigenvalue weighted by Crippen LogP contribution is -2.46. The summed E-state index contributed by atoms with van der Waals surface area (Å²) in [6.45, 7) is 8.44. The third kappa shape index (κ3) is 7.56. The number of hydrogen-bond donors (Lipinski definition) is 2. The molecule has 0 aliphatic carbocycles. The van der Waals surface area contributed by atoms with E-state index in [4.69, 9.17) is 9.73 Å². The van der Waals surface area contributed by atoms with E-state index in [2.05, 4.69) is 22.0 Å². The Hall–Kier alpha value is -0.610. The summed E-state index contributed by atoms with van der Waals surface area (Å²) in [5.74, 6) is 0.895. The van der Waals surface area contributed by atoms with Gasteiger partial charge in [0.2, 0.25) is 0 Å². The van der Waals surface area contributed by atoms with E-state index in [1.54, 1.807) is 0 Å². The molecule has 7 nitrogen and oxygen atoms in total. The van der Waals surface area contributed by atoms with Gasteiger partial charge in [0, 0.05) is 39.3 Å². The van der Waals surface area contributed by atoms with E-state index in [1.165, 1.54) is 7.11 Å². The minimum Gasteiger partial charge on any atom is -0.469 e. The summed E-state index contributed by atoms with van der Waals surface area (Å²) >= 11 is 0. The number of ether oxygens (including phenoxy) is 1. The normalized spacial score (nSPS) is 20.6. The maximum absolute atomic E-state index is 11.6. The number of likely N-dealkylation sites (tertiary alicyclic amines) is 2. The molecule has 0 saturated carbocycles. The number of aliphatic hydroxyl groups excluding tert-OH is 1. The summed E-state index contributed by atoms with van der Waals surface area (Å²) in [6.07, 6.45) is 4.36. The van der Waals surface area contributed by atoms with Gasteiger partial charge in [-0.05, 0) is 45.6 Å². The summed E-state index contributed by atoms with van der Waals surface area (Å²) in [5.41, 5.74) is 0. The molecular weight excluding hydrogens is 447 g/mol. The third-order valence-electron chi connectivity index (χ3n) is 5.12. The van der Waals surface area contributed by atoms with Gasteiger partial charge in [-0.25, -0.2) is 0 Å². The number of rotatable bonds is 6. The van der Waals surface area contributed by atoms with Crippen molar-refractivity contribution in [3.63, 3.8) is 0 Å². The zero-order valence-corrected chi connectivity index (χ0v) is 18.5.